The highest BCUT2D eigenvalue weighted by molar-refractivity contribution is 7.91. The minimum absolute atomic E-state index is 0.0150. The van der Waals surface area contributed by atoms with E-state index in [0.717, 1.165) is 5.56 Å². The summed E-state index contributed by atoms with van der Waals surface area (Å²) in [7, 11) is -2.34. The average Bonchev–Trinajstić information content (AvgIpc) is 3.95. The summed E-state index contributed by atoms with van der Waals surface area (Å²) >= 11 is 1.39. The molecule has 4 aromatic rings. The van der Waals surface area contributed by atoms with Gasteiger partial charge < -0.3 is 20.3 Å². The topological polar surface area (TPSA) is 195 Å². The summed E-state index contributed by atoms with van der Waals surface area (Å²) in [5, 5.41) is 17.3. The number of amides is 4. The van der Waals surface area contributed by atoms with E-state index in [1.807, 2.05) is 50.4 Å². The van der Waals surface area contributed by atoms with Gasteiger partial charge in [-0.25, -0.2) is 13.4 Å². The van der Waals surface area contributed by atoms with Gasteiger partial charge in [-0.15, -0.1) is 23.0 Å². The normalized spacial score (nSPS) is 22.5. The number of aromatic nitrogens is 4. The van der Waals surface area contributed by atoms with E-state index in [4.69, 9.17) is 14.9 Å². The Morgan fingerprint density at radius 3 is 2.32 bits per heavy atom. The Morgan fingerprint density at radius 2 is 1.73 bits per heavy atom. The zero-order valence-corrected chi connectivity index (χ0v) is 33.1. The fourth-order valence-corrected chi connectivity index (χ4v) is 9.01. The third kappa shape index (κ3) is 7.69. The summed E-state index contributed by atoms with van der Waals surface area (Å²) in [5.41, 5.74) is -0.206. The van der Waals surface area contributed by atoms with Crippen LogP contribution in [0.1, 0.15) is 62.9 Å². The largest absolute Gasteiger partial charge is 0.497 e. The van der Waals surface area contributed by atoms with Crippen LogP contribution in [0.25, 0.3) is 22.0 Å². The lowest BCUT2D eigenvalue weighted by Crippen LogP contribution is -2.60. The Morgan fingerprint density at radius 1 is 1.04 bits per heavy atom. The molecule has 0 spiro atoms. The molecule has 3 N–H and O–H groups in total. The fraction of sp³-hybridized carbons (Fsp3) is 0.410. The van der Waals surface area contributed by atoms with Crippen LogP contribution in [-0.4, -0.2) is 93.5 Å². The second-order valence-electron chi connectivity index (χ2n) is 15.5. The standard InChI is InChI=1S/C39H44N8O7S2/c1-6-25-21-39(25,37(51)45-56(52,53)28-16-17-28)42-34(49)29-20-26(22-46(29)36(50)32(38(2,3)4)41-33(48)24-10-8-7-9-11-24)47-43-30(23-12-14-27(54-5)15-13-23)31(44-47)35-40-18-19-55-35/h6-15,18-19,25-26,28-29,32H,1,16-17,20-22H2,2-5H3,(H,41,48)(H,42,49)(H,45,51)/t25?,26-,29+,32-,39?/m1/s1. The van der Waals surface area contributed by atoms with Gasteiger partial charge in [0.1, 0.15) is 39.8 Å². The predicted molar refractivity (Wildman–Crippen MR) is 209 cm³/mol. The van der Waals surface area contributed by atoms with Crippen LogP contribution in [0.3, 0.4) is 0 Å². The molecule has 2 aromatic heterocycles. The molecule has 1 aliphatic heterocycles. The first kappa shape index (κ1) is 38.8. The molecule has 3 aliphatic rings. The Hall–Kier alpha value is -5.42. The summed E-state index contributed by atoms with van der Waals surface area (Å²) in [4.78, 5) is 63.7. The lowest BCUT2D eigenvalue weighted by molar-refractivity contribution is -0.142. The number of rotatable bonds is 13. The monoisotopic (exact) mass is 800 g/mol. The third-order valence-electron chi connectivity index (χ3n) is 10.5. The van der Waals surface area contributed by atoms with Gasteiger partial charge in [0.05, 0.1) is 18.4 Å². The van der Waals surface area contributed by atoms with Crippen molar-refractivity contribution < 1.29 is 32.3 Å². The lowest BCUT2D eigenvalue weighted by atomic mass is 9.85. The molecule has 294 valence electrons. The summed E-state index contributed by atoms with van der Waals surface area (Å²) < 4.78 is 33.1. The third-order valence-corrected chi connectivity index (χ3v) is 13.1. The number of methoxy groups -OCH3 is 1. The SMILES string of the molecule is C=CC1CC1(NC(=O)[C@@H]1C[C@@H](n2nc(-c3ccc(OC)cc3)c(-c3nccs3)n2)CN1C(=O)[C@@H](NC(=O)c1ccccc1)C(C)(C)C)C(=O)NS(=O)(=O)C1CC1. The number of hydrogen-bond acceptors (Lipinski definition) is 11. The van der Waals surface area contributed by atoms with Crippen LogP contribution in [-0.2, 0) is 24.4 Å². The molecule has 1 saturated heterocycles. The molecule has 7 rings (SSSR count). The molecule has 56 heavy (non-hydrogen) atoms. The van der Waals surface area contributed by atoms with Gasteiger partial charge >= 0.3 is 0 Å². The van der Waals surface area contributed by atoms with Crippen LogP contribution < -0.4 is 20.1 Å². The lowest BCUT2D eigenvalue weighted by Gasteiger charge is -2.35. The number of nitrogens with zero attached hydrogens (tertiary/aromatic N) is 5. The van der Waals surface area contributed by atoms with Crippen LogP contribution in [0.4, 0.5) is 0 Å². The Kier molecular flexibility index (Phi) is 10.3. The molecule has 17 heteroatoms. The molecule has 15 nitrogen and oxygen atoms in total. The van der Waals surface area contributed by atoms with Crippen molar-refractivity contribution >= 4 is 45.0 Å². The van der Waals surface area contributed by atoms with Gasteiger partial charge in [0.15, 0.2) is 0 Å². The van der Waals surface area contributed by atoms with E-state index in [0.29, 0.717) is 40.6 Å². The Labute approximate surface area is 329 Å². The van der Waals surface area contributed by atoms with Gasteiger partial charge in [-0.3, -0.25) is 23.9 Å². The molecule has 3 fully saturated rings. The second kappa shape index (κ2) is 14.9. The molecular formula is C39H44N8O7S2. The smallest absolute Gasteiger partial charge is 0.259 e. The van der Waals surface area contributed by atoms with E-state index in [1.54, 1.807) is 43.6 Å². The van der Waals surface area contributed by atoms with Crippen molar-refractivity contribution in [2.75, 3.05) is 13.7 Å². The first-order valence-electron chi connectivity index (χ1n) is 18.3. The number of thiazole rings is 1. The summed E-state index contributed by atoms with van der Waals surface area (Å²) in [6.07, 6.45) is 4.27. The van der Waals surface area contributed by atoms with Crippen molar-refractivity contribution in [3.05, 3.63) is 84.4 Å². The maximum atomic E-state index is 14.8. The van der Waals surface area contributed by atoms with Crippen molar-refractivity contribution in [3.63, 3.8) is 0 Å². The minimum atomic E-state index is -3.92. The van der Waals surface area contributed by atoms with Gasteiger partial charge in [-0.2, -0.15) is 9.90 Å². The van der Waals surface area contributed by atoms with Crippen molar-refractivity contribution in [1.82, 2.24) is 40.2 Å². The van der Waals surface area contributed by atoms with E-state index < -0.39 is 73.9 Å². The molecule has 2 aliphatic carbocycles. The molecule has 0 bridgehead atoms. The number of sulfonamides is 1. The second-order valence-corrected chi connectivity index (χ2v) is 18.4. The van der Waals surface area contributed by atoms with Crippen molar-refractivity contribution in [1.29, 1.82) is 0 Å². The number of carbonyl (C=O) groups is 4. The first-order chi connectivity index (χ1) is 26.6. The van der Waals surface area contributed by atoms with Crippen LogP contribution in [0.2, 0.25) is 0 Å². The maximum absolute atomic E-state index is 14.8. The summed E-state index contributed by atoms with van der Waals surface area (Å²) in [6.45, 7) is 9.24. The van der Waals surface area contributed by atoms with E-state index in [1.165, 1.54) is 27.1 Å². The summed E-state index contributed by atoms with van der Waals surface area (Å²) in [6, 6.07) is 13.0. The molecule has 3 heterocycles. The predicted octanol–water partition coefficient (Wildman–Crippen LogP) is 3.73. The number of likely N-dealkylation sites (tertiary alicyclic amines) is 1. The summed E-state index contributed by atoms with van der Waals surface area (Å²) in [5.74, 6) is -2.35. The first-order valence-corrected chi connectivity index (χ1v) is 20.8. The number of hydrogen-bond donors (Lipinski definition) is 3. The van der Waals surface area contributed by atoms with E-state index in [-0.39, 0.29) is 19.4 Å². The van der Waals surface area contributed by atoms with Crippen molar-refractivity contribution in [2.24, 2.45) is 11.3 Å². The van der Waals surface area contributed by atoms with E-state index in [9.17, 15) is 27.6 Å². The molecule has 2 unspecified atom stereocenters. The van der Waals surface area contributed by atoms with Crippen LogP contribution >= 0.6 is 11.3 Å². The van der Waals surface area contributed by atoms with E-state index in [2.05, 4.69) is 26.9 Å². The van der Waals surface area contributed by atoms with Crippen LogP contribution in [0.15, 0.2) is 78.8 Å². The average molecular weight is 801 g/mol. The Bertz CT molecular complexity index is 2250. The van der Waals surface area contributed by atoms with Gasteiger partial charge in [-0.1, -0.05) is 45.0 Å². The maximum Gasteiger partial charge on any atom is 0.259 e. The van der Waals surface area contributed by atoms with Gasteiger partial charge in [-0.05, 0) is 61.1 Å². The minimum Gasteiger partial charge on any atom is -0.497 e. The van der Waals surface area contributed by atoms with Crippen LogP contribution in [0, 0.1) is 11.3 Å². The highest BCUT2D eigenvalue weighted by Gasteiger charge is 2.62. The van der Waals surface area contributed by atoms with Gasteiger partial charge in [0.2, 0.25) is 21.8 Å². The molecule has 5 atom stereocenters. The molecule has 2 aromatic carbocycles. The quantitative estimate of drug-likeness (QED) is 0.168. The van der Waals surface area contributed by atoms with Gasteiger partial charge in [0.25, 0.3) is 11.8 Å². The molecule has 2 saturated carbocycles. The number of ether oxygens (including phenoxy) is 1. The highest BCUT2D eigenvalue weighted by Crippen LogP contribution is 2.46. The van der Waals surface area contributed by atoms with E-state index >= 15 is 0 Å². The number of benzene rings is 2. The number of carbonyl (C=O) groups excluding carboxylic acids is 4. The van der Waals surface area contributed by atoms with Crippen molar-refractivity contribution in [2.45, 2.75) is 75.4 Å². The Balaban J connectivity index is 1.23. The zero-order valence-electron chi connectivity index (χ0n) is 31.5. The molecular weight excluding hydrogens is 757 g/mol. The van der Waals surface area contributed by atoms with Gasteiger partial charge in [0, 0.05) is 41.6 Å². The number of nitrogens with one attached hydrogen (secondary N) is 3. The fourth-order valence-electron chi connectivity index (χ4n) is 7.02. The highest BCUT2D eigenvalue weighted by atomic mass is 32.2. The molecule has 0 radical (unpaired) electrons. The van der Waals surface area contributed by atoms with Crippen molar-refractivity contribution in [3.8, 4) is 27.7 Å². The van der Waals surface area contributed by atoms with Crippen LogP contribution in [0.5, 0.6) is 5.75 Å². The zero-order chi connectivity index (χ0) is 40.0. The molecule has 4 amide bonds.